The summed E-state index contributed by atoms with van der Waals surface area (Å²) in [7, 11) is 0. The fourth-order valence-corrected chi connectivity index (χ4v) is 13.4. The van der Waals surface area contributed by atoms with Gasteiger partial charge in [0, 0.05) is 55.7 Å². The normalized spacial score (nSPS) is 14.5. The van der Waals surface area contributed by atoms with Crippen LogP contribution in [0.3, 0.4) is 0 Å². The van der Waals surface area contributed by atoms with Crippen LogP contribution in [0.5, 0.6) is 0 Å². The van der Waals surface area contributed by atoms with Crippen molar-refractivity contribution in [3.8, 4) is 22.3 Å². The number of hydrogen-bond donors (Lipinski definition) is 0. The molecule has 0 N–H and O–H groups in total. The van der Waals surface area contributed by atoms with E-state index in [1.54, 1.807) is 0 Å². The minimum atomic E-state index is -0.142. The van der Waals surface area contributed by atoms with Gasteiger partial charge in [0.2, 0.25) is 0 Å². The van der Waals surface area contributed by atoms with Crippen LogP contribution in [-0.4, -0.2) is 0 Å². The summed E-state index contributed by atoms with van der Waals surface area (Å²) >= 11 is 0. The first-order valence-corrected chi connectivity index (χ1v) is 25.8. The van der Waals surface area contributed by atoms with Crippen molar-refractivity contribution >= 4 is 82.1 Å². The van der Waals surface area contributed by atoms with E-state index < -0.39 is 0 Å². The van der Waals surface area contributed by atoms with Crippen molar-refractivity contribution in [1.29, 1.82) is 0 Å². The molecule has 346 valence electrons. The Kier molecular flexibility index (Phi) is 8.86. The molecule has 15 rings (SSSR count). The van der Waals surface area contributed by atoms with Gasteiger partial charge >= 0.3 is 0 Å². The first kappa shape index (κ1) is 42.0. The maximum Gasteiger partial charge on any atom is 0.143 e. The van der Waals surface area contributed by atoms with E-state index in [1.165, 1.54) is 98.9 Å². The summed E-state index contributed by atoms with van der Waals surface area (Å²) in [4.78, 5) is 2.43. The van der Waals surface area contributed by atoms with Crippen LogP contribution in [0.25, 0.3) is 87.3 Å². The van der Waals surface area contributed by atoms with Gasteiger partial charge in [-0.1, -0.05) is 216 Å². The average Bonchev–Trinajstić information content (AvgIpc) is 4.01. The van der Waals surface area contributed by atoms with Crippen LogP contribution in [-0.2, 0) is 10.8 Å². The molecule has 2 aliphatic rings. The van der Waals surface area contributed by atoms with Crippen LogP contribution in [0.15, 0.2) is 235 Å². The molecule has 0 amide bonds. The summed E-state index contributed by atoms with van der Waals surface area (Å²) in [6.07, 6.45) is 0. The summed E-state index contributed by atoms with van der Waals surface area (Å²) in [6.45, 7) is 9.48. The molecule has 12 aromatic carbocycles. The number of furan rings is 1. The van der Waals surface area contributed by atoms with Gasteiger partial charge in [0.25, 0.3) is 0 Å². The van der Waals surface area contributed by atoms with Gasteiger partial charge in [0.15, 0.2) is 0 Å². The minimum absolute atomic E-state index is 0.0213. The molecule has 1 aromatic heterocycles. The summed E-state index contributed by atoms with van der Waals surface area (Å²) in [5.41, 5.74) is 19.5. The Morgan fingerprint density at radius 3 is 1.63 bits per heavy atom. The Labute approximate surface area is 425 Å². The largest absolute Gasteiger partial charge is 0.455 e. The molecule has 0 spiro atoms. The zero-order chi connectivity index (χ0) is 48.7. The van der Waals surface area contributed by atoms with Gasteiger partial charge in [0.1, 0.15) is 11.2 Å². The number of rotatable bonds is 6. The van der Waals surface area contributed by atoms with E-state index in [1.807, 2.05) is 0 Å². The Balaban J connectivity index is 0.929. The first-order chi connectivity index (χ1) is 35.7. The predicted molar refractivity (Wildman–Crippen MR) is 307 cm³/mol. The average molecular weight is 934 g/mol. The molecule has 0 saturated carbocycles. The zero-order valence-corrected chi connectivity index (χ0v) is 41.4. The van der Waals surface area contributed by atoms with Crippen LogP contribution in [0.1, 0.15) is 72.6 Å². The van der Waals surface area contributed by atoms with E-state index in [0.29, 0.717) is 0 Å². The van der Waals surface area contributed by atoms with Gasteiger partial charge < -0.3 is 9.32 Å². The second kappa shape index (κ2) is 15.4. The molecular weight excluding hydrogens is 883 g/mol. The smallest absolute Gasteiger partial charge is 0.143 e. The van der Waals surface area contributed by atoms with Gasteiger partial charge in [0.05, 0.1) is 5.69 Å². The lowest BCUT2D eigenvalue weighted by Crippen LogP contribution is -2.16. The molecule has 0 radical (unpaired) electrons. The quantitative estimate of drug-likeness (QED) is 0.122. The van der Waals surface area contributed by atoms with Crippen molar-refractivity contribution in [3.05, 3.63) is 269 Å². The third kappa shape index (κ3) is 6.04. The molecule has 0 fully saturated rings. The Morgan fingerprint density at radius 2 is 0.877 bits per heavy atom. The van der Waals surface area contributed by atoms with Gasteiger partial charge in [-0.3, -0.25) is 0 Å². The molecule has 73 heavy (non-hydrogen) atoms. The molecule has 1 unspecified atom stereocenters. The Hall–Kier alpha value is -8.72. The van der Waals surface area contributed by atoms with Crippen LogP contribution in [0.2, 0.25) is 0 Å². The zero-order valence-electron chi connectivity index (χ0n) is 41.4. The molecule has 2 heteroatoms. The maximum atomic E-state index is 7.28. The number of benzene rings is 12. The monoisotopic (exact) mass is 933 g/mol. The lowest BCUT2D eigenvalue weighted by molar-refractivity contribution is 0.659. The van der Waals surface area contributed by atoms with Crippen LogP contribution >= 0.6 is 0 Å². The van der Waals surface area contributed by atoms with Crippen LogP contribution in [0, 0.1) is 0 Å². The lowest BCUT2D eigenvalue weighted by Gasteiger charge is -2.29. The molecule has 13 aromatic rings. The highest BCUT2D eigenvalue weighted by atomic mass is 16.3. The summed E-state index contributed by atoms with van der Waals surface area (Å²) in [5.74, 6) is -0.0213. The van der Waals surface area contributed by atoms with E-state index in [2.05, 4.69) is 263 Å². The third-order valence-electron chi connectivity index (χ3n) is 16.9. The van der Waals surface area contributed by atoms with Crippen LogP contribution in [0.4, 0.5) is 17.1 Å². The highest BCUT2D eigenvalue weighted by molar-refractivity contribution is 6.30. The fourth-order valence-electron chi connectivity index (χ4n) is 13.4. The minimum Gasteiger partial charge on any atom is -0.455 e. The topological polar surface area (TPSA) is 16.4 Å². The molecule has 1 heterocycles. The van der Waals surface area contributed by atoms with Crippen molar-refractivity contribution in [3.63, 3.8) is 0 Å². The molecule has 2 aliphatic carbocycles. The molecular formula is C71H51NO. The van der Waals surface area contributed by atoms with E-state index in [4.69, 9.17) is 4.42 Å². The highest BCUT2D eigenvalue weighted by Gasteiger charge is 2.38. The number of nitrogens with zero attached hydrogens (tertiary/aromatic N) is 1. The molecule has 0 aliphatic heterocycles. The van der Waals surface area contributed by atoms with Crippen molar-refractivity contribution < 1.29 is 4.42 Å². The molecule has 0 saturated heterocycles. The highest BCUT2D eigenvalue weighted by Crippen LogP contribution is 2.53. The van der Waals surface area contributed by atoms with Crippen molar-refractivity contribution in [2.45, 2.75) is 44.4 Å². The first-order valence-electron chi connectivity index (χ1n) is 25.8. The van der Waals surface area contributed by atoms with E-state index >= 15 is 0 Å². The standard InChI is InChI=1S/C71H51NO/c1-70(2)61-28-13-11-24-52(61)54-35-31-46(40-63(54)70)67(56-27-15-19-43-17-5-7-21-49(43)56)45-32-36-58-60(39-45)51-23-9-10-26-57(51)68-59-38-34-48(42-66(59)73-69(58)68)72(65-30-16-20-44-18-6-8-22-50(44)65)47-33-37-55-53-25-12-14-29-62(53)71(3,4)64(55)41-47/h5-42,67H,1-4H3. The Bertz CT molecular complexity index is 4460. The van der Waals surface area contributed by atoms with Crippen molar-refractivity contribution in [2.75, 3.05) is 4.90 Å². The maximum absolute atomic E-state index is 7.28. The van der Waals surface area contributed by atoms with Crippen LogP contribution < -0.4 is 4.90 Å². The van der Waals surface area contributed by atoms with Gasteiger partial charge in [-0.25, -0.2) is 0 Å². The number of hydrogen-bond acceptors (Lipinski definition) is 2. The van der Waals surface area contributed by atoms with Crippen molar-refractivity contribution in [1.82, 2.24) is 0 Å². The summed E-state index contributed by atoms with van der Waals surface area (Å²) < 4.78 is 7.28. The second-order valence-corrected chi connectivity index (χ2v) is 21.5. The van der Waals surface area contributed by atoms with E-state index in [0.717, 1.165) is 44.4 Å². The lowest BCUT2D eigenvalue weighted by atomic mass is 9.78. The van der Waals surface area contributed by atoms with Gasteiger partial charge in [-0.05, 0) is 130 Å². The third-order valence-corrected chi connectivity index (χ3v) is 16.9. The fraction of sp³-hybridized carbons (Fsp3) is 0.0986. The van der Waals surface area contributed by atoms with E-state index in [9.17, 15) is 0 Å². The SMILES string of the molecule is CC1(C)c2ccccc2-c2ccc(C(c3ccc4c(c3)c3ccccc3c3c5ccc(N(c6ccc7c(c6)C(C)(C)c6ccccc6-7)c6cccc7ccccc67)cc5oc43)c3cccc4ccccc34)cc21. The molecule has 2 nitrogen and oxygen atoms in total. The van der Waals surface area contributed by atoms with Gasteiger partial charge in [-0.15, -0.1) is 0 Å². The number of fused-ring (bicyclic) bond motifs is 16. The summed E-state index contributed by atoms with van der Waals surface area (Å²) in [5, 5.41) is 11.9. The Morgan fingerprint density at radius 1 is 0.356 bits per heavy atom. The number of anilines is 3. The molecule has 0 bridgehead atoms. The van der Waals surface area contributed by atoms with Gasteiger partial charge in [-0.2, -0.15) is 0 Å². The molecule has 1 atom stereocenters. The second-order valence-electron chi connectivity index (χ2n) is 21.5. The summed E-state index contributed by atoms with van der Waals surface area (Å²) in [6, 6.07) is 86.1. The van der Waals surface area contributed by atoms with E-state index in [-0.39, 0.29) is 16.7 Å². The van der Waals surface area contributed by atoms with Crippen molar-refractivity contribution in [2.24, 2.45) is 0 Å². The predicted octanol–water partition coefficient (Wildman–Crippen LogP) is 19.5.